The number of carbonyl (C=O) groups is 1. The van der Waals surface area contributed by atoms with Crippen molar-refractivity contribution in [1.29, 1.82) is 0 Å². The van der Waals surface area contributed by atoms with E-state index >= 15 is 0 Å². The van der Waals surface area contributed by atoms with E-state index in [-0.39, 0.29) is 18.3 Å². The Labute approximate surface area is 202 Å². The van der Waals surface area contributed by atoms with Crippen molar-refractivity contribution in [3.63, 3.8) is 0 Å². The minimum absolute atomic E-state index is 0.0239. The first kappa shape index (κ1) is 24.1. The van der Waals surface area contributed by atoms with Crippen molar-refractivity contribution >= 4 is 23.4 Å². The molecule has 1 amide bonds. The van der Waals surface area contributed by atoms with Crippen LogP contribution in [0.2, 0.25) is 0 Å². The Morgan fingerprint density at radius 3 is 2.30 bits per heavy atom. The van der Waals surface area contributed by atoms with Crippen LogP contribution >= 0.6 is 11.8 Å². The zero-order chi connectivity index (χ0) is 23.0. The number of benzene rings is 2. The third-order valence-corrected chi connectivity index (χ3v) is 8.76. The molecule has 178 valence electrons. The molecule has 1 saturated carbocycles. The Morgan fingerprint density at radius 2 is 1.61 bits per heavy atom. The van der Waals surface area contributed by atoms with Crippen molar-refractivity contribution in [3.8, 4) is 5.75 Å². The molecule has 0 N–H and O–H groups in total. The fourth-order valence-electron chi connectivity index (χ4n) is 5.11. The number of nitrogens with zero attached hydrogens (tertiary/aromatic N) is 1. The number of hydrogen-bond acceptors (Lipinski definition) is 3. The minimum atomic E-state index is -0.290. The van der Waals surface area contributed by atoms with E-state index in [1.54, 1.807) is 17.0 Å². The molecule has 2 aromatic rings. The Kier molecular flexibility index (Phi) is 8.71. The number of halogens is 1. The highest BCUT2D eigenvalue weighted by atomic mass is 32.2. The molecule has 3 nitrogen and oxygen atoms in total. The molecule has 2 unspecified atom stereocenters. The first-order valence-electron chi connectivity index (χ1n) is 12.5. The highest BCUT2D eigenvalue weighted by Gasteiger charge is 2.33. The van der Waals surface area contributed by atoms with E-state index in [2.05, 4.69) is 11.8 Å². The number of anilines is 1. The van der Waals surface area contributed by atoms with Crippen LogP contribution in [-0.4, -0.2) is 29.6 Å². The van der Waals surface area contributed by atoms with Gasteiger partial charge in [-0.25, -0.2) is 4.39 Å². The lowest BCUT2D eigenvalue weighted by atomic mass is 9.87. The van der Waals surface area contributed by atoms with Gasteiger partial charge in [-0.2, -0.15) is 11.8 Å². The number of aryl methyl sites for hydroxylation is 1. The number of ether oxygens (including phenoxy) is 1. The number of rotatable bonds is 7. The third-order valence-electron chi connectivity index (χ3n) is 7.02. The maximum atomic E-state index is 13.5. The normalized spacial score (nSPS) is 21.9. The summed E-state index contributed by atoms with van der Waals surface area (Å²) in [6, 6.07) is 14.0. The van der Waals surface area contributed by atoms with Crippen molar-refractivity contribution in [2.24, 2.45) is 5.92 Å². The first-order chi connectivity index (χ1) is 16.1. The van der Waals surface area contributed by atoms with Crippen molar-refractivity contribution < 1.29 is 13.9 Å². The molecular weight excluding hydrogens is 433 g/mol. The van der Waals surface area contributed by atoms with Gasteiger partial charge in [0.1, 0.15) is 11.6 Å². The maximum Gasteiger partial charge on any atom is 0.264 e. The molecule has 2 aliphatic rings. The van der Waals surface area contributed by atoms with E-state index in [0.29, 0.717) is 22.8 Å². The minimum Gasteiger partial charge on any atom is -0.484 e. The summed E-state index contributed by atoms with van der Waals surface area (Å²) >= 11 is 2.08. The van der Waals surface area contributed by atoms with Gasteiger partial charge < -0.3 is 9.64 Å². The molecule has 2 atom stereocenters. The van der Waals surface area contributed by atoms with E-state index in [1.165, 1.54) is 63.5 Å². The molecule has 0 aromatic heterocycles. The van der Waals surface area contributed by atoms with Gasteiger partial charge in [0, 0.05) is 22.7 Å². The highest BCUT2D eigenvalue weighted by molar-refractivity contribution is 8.00. The summed E-state index contributed by atoms with van der Waals surface area (Å²) in [5.74, 6) is 1.13. The highest BCUT2D eigenvalue weighted by Crippen LogP contribution is 2.42. The number of hydrogen-bond donors (Lipinski definition) is 0. The average molecular weight is 470 g/mol. The van der Waals surface area contributed by atoms with Crippen LogP contribution in [0.1, 0.15) is 63.4 Å². The van der Waals surface area contributed by atoms with Crippen LogP contribution in [0.5, 0.6) is 5.75 Å². The van der Waals surface area contributed by atoms with Crippen LogP contribution in [0.3, 0.4) is 0 Å². The molecule has 4 rings (SSSR count). The van der Waals surface area contributed by atoms with Gasteiger partial charge in [-0.1, -0.05) is 49.8 Å². The van der Waals surface area contributed by atoms with Crippen molar-refractivity contribution in [1.82, 2.24) is 0 Å². The van der Waals surface area contributed by atoms with E-state index < -0.39 is 0 Å². The van der Waals surface area contributed by atoms with Crippen LogP contribution in [0.15, 0.2) is 48.5 Å². The van der Waals surface area contributed by atoms with Gasteiger partial charge in [0.15, 0.2) is 6.61 Å². The van der Waals surface area contributed by atoms with Crippen LogP contribution in [0, 0.1) is 18.7 Å². The van der Waals surface area contributed by atoms with E-state index in [4.69, 9.17) is 4.74 Å². The second-order valence-electron chi connectivity index (χ2n) is 9.56. The number of thioether (sulfide) groups is 1. The zero-order valence-corrected chi connectivity index (χ0v) is 20.5. The van der Waals surface area contributed by atoms with Crippen molar-refractivity contribution in [3.05, 3.63) is 59.9 Å². The molecule has 0 radical (unpaired) electrons. The summed E-state index contributed by atoms with van der Waals surface area (Å²) in [5, 5.41) is 1.12. The second kappa shape index (κ2) is 11.9. The van der Waals surface area contributed by atoms with Gasteiger partial charge in [-0.15, -0.1) is 0 Å². The predicted molar refractivity (Wildman–Crippen MR) is 136 cm³/mol. The maximum absolute atomic E-state index is 13.5. The Morgan fingerprint density at radius 1 is 0.939 bits per heavy atom. The summed E-state index contributed by atoms with van der Waals surface area (Å²) in [5.41, 5.74) is 1.89. The smallest absolute Gasteiger partial charge is 0.264 e. The van der Waals surface area contributed by atoms with Gasteiger partial charge in [-0.05, 0) is 74.9 Å². The lowest BCUT2D eigenvalue weighted by Gasteiger charge is -2.28. The molecule has 2 aromatic carbocycles. The average Bonchev–Trinajstić information content (AvgIpc) is 3.26. The Balaban J connectivity index is 1.39. The standard InChI is InChI=1S/C28H36FNO2S/c1-21-9-15-25(16-10-21)32-20-28(31)30(24-13-11-23(29)12-14-24)19-26-17-18-27(33-26)22-7-5-3-2-4-6-8-22/h9-16,22,26-27H,2-8,17-20H2,1H3. The predicted octanol–water partition coefficient (Wildman–Crippen LogP) is 7.17. The molecule has 33 heavy (non-hydrogen) atoms. The molecule has 0 bridgehead atoms. The summed E-state index contributed by atoms with van der Waals surface area (Å²) in [7, 11) is 0. The van der Waals surface area contributed by atoms with Crippen LogP contribution < -0.4 is 9.64 Å². The zero-order valence-electron chi connectivity index (χ0n) is 19.7. The second-order valence-corrected chi connectivity index (χ2v) is 11.1. The lowest BCUT2D eigenvalue weighted by molar-refractivity contribution is -0.120. The molecule has 5 heteroatoms. The summed E-state index contributed by atoms with van der Waals surface area (Å²) in [6.45, 7) is 2.65. The Bertz CT molecular complexity index is 878. The van der Waals surface area contributed by atoms with Crippen molar-refractivity contribution in [2.75, 3.05) is 18.1 Å². The first-order valence-corrected chi connectivity index (χ1v) is 13.4. The van der Waals surface area contributed by atoms with Crippen molar-refractivity contribution in [2.45, 2.75) is 75.2 Å². The van der Waals surface area contributed by atoms with E-state index in [0.717, 1.165) is 23.6 Å². The van der Waals surface area contributed by atoms with Gasteiger partial charge in [0.2, 0.25) is 0 Å². The molecule has 1 saturated heterocycles. The van der Waals surface area contributed by atoms with Gasteiger partial charge in [0.25, 0.3) is 5.91 Å². The Hall–Kier alpha value is -2.01. The van der Waals surface area contributed by atoms with Gasteiger partial charge in [-0.3, -0.25) is 4.79 Å². The molecule has 0 spiro atoms. The third kappa shape index (κ3) is 6.99. The fourth-order valence-corrected chi connectivity index (χ4v) is 6.88. The molecular formula is C28H36FNO2S. The summed E-state index contributed by atoms with van der Waals surface area (Å²) in [4.78, 5) is 15.0. The fraction of sp³-hybridized carbons (Fsp3) is 0.536. The molecule has 1 heterocycles. The number of amides is 1. The summed E-state index contributed by atoms with van der Waals surface area (Å²) in [6.07, 6.45) is 12.0. The van der Waals surface area contributed by atoms with Crippen LogP contribution in [0.25, 0.3) is 0 Å². The molecule has 1 aliphatic carbocycles. The van der Waals surface area contributed by atoms with E-state index in [1.807, 2.05) is 31.2 Å². The SMILES string of the molecule is Cc1ccc(OCC(=O)N(CC2CCC(C3CCCCCCC3)S2)c2ccc(F)cc2)cc1. The monoisotopic (exact) mass is 469 g/mol. The largest absolute Gasteiger partial charge is 0.484 e. The topological polar surface area (TPSA) is 29.5 Å². The summed E-state index contributed by atoms with van der Waals surface area (Å²) < 4.78 is 19.3. The number of carbonyl (C=O) groups excluding carboxylic acids is 1. The van der Waals surface area contributed by atoms with E-state index in [9.17, 15) is 9.18 Å². The molecule has 2 fully saturated rings. The van der Waals surface area contributed by atoms with Gasteiger partial charge >= 0.3 is 0 Å². The molecule has 1 aliphatic heterocycles. The lowest BCUT2D eigenvalue weighted by Crippen LogP contribution is -2.39. The van der Waals surface area contributed by atoms with Crippen LogP contribution in [0.4, 0.5) is 10.1 Å². The van der Waals surface area contributed by atoms with Crippen LogP contribution in [-0.2, 0) is 4.79 Å². The van der Waals surface area contributed by atoms with Gasteiger partial charge in [0.05, 0.1) is 0 Å². The quantitative estimate of drug-likeness (QED) is 0.430.